The molecule has 2 unspecified atom stereocenters. The summed E-state index contributed by atoms with van der Waals surface area (Å²) in [5.41, 5.74) is 2.99. The van der Waals surface area contributed by atoms with Gasteiger partial charge >= 0.3 is 0 Å². The minimum Gasteiger partial charge on any atom is -0.296 e. The molecule has 0 amide bonds. The van der Waals surface area contributed by atoms with Gasteiger partial charge in [0.25, 0.3) is 0 Å². The van der Waals surface area contributed by atoms with Crippen LogP contribution in [-0.4, -0.2) is 29.6 Å². The van der Waals surface area contributed by atoms with E-state index in [1.54, 1.807) is 0 Å². The lowest BCUT2D eigenvalue weighted by atomic mass is 9.84. The summed E-state index contributed by atoms with van der Waals surface area (Å²) in [4.78, 5) is 2.55. The lowest BCUT2D eigenvalue weighted by Crippen LogP contribution is -2.61. The van der Waals surface area contributed by atoms with Gasteiger partial charge in [-0.3, -0.25) is 16.2 Å². The van der Waals surface area contributed by atoms with Crippen molar-refractivity contribution in [3.05, 3.63) is 0 Å². The number of rotatable bonds is 5. The van der Waals surface area contributed by atoms with Crippen LogP contribution in [0, 0.1) is 12.3 Å². The SMILES string of the molecule is C#CCC(NN)C(C)(CC)N1CCCCC1. The molecule has 1 aliphatic rings. The van der Waals surface area contributed by atoms with Crippen LogP contribution in [0.4, 0.5) is 0 Å². The third-order valence-corrected chi connectivity index (χ3v) is 4.07. The smallest absolute Gasteiger partial charge is 0.0501 e. The highest BCUT2D eigenvalue weighted by Crippen LogP contribution is 2.28. The van der Waals surface area contributed by atoms with Crippen LogP contribution < -0.4 is 11.3 Å². The van der Waals surface area contributed by atoms with Gasteiger partial charge in [0.1, 0.15) is 0 Å². The summed E-state index contributed by atoms with van der Waals surface area (Å²) < 4.78 is 0. The van der Waals surface area contributed by atoms with Crippen LogP contribution in [0.25, 0.3) is 0 Å². The van der Waals surface area contributed by atoms with Gasteiger partial charge in [0.2, 0.25) is 0 Å². The summed E-state index contributed by atoms with van der Waals surface area (Å²) in [6.07, 6.45) is 11.1. The van der Waals surface area contributed by atoms with Gasteiger partial charge in [-0.05, 0) is 39.3 Å². The summed E-state index contributed by atoms with van der Waals surface area (Å²) in [6.45, 7) is 6.84. The van der Waals surface area contributed by atoms with Crippen molar-refractivity contribution < 1.29 is 0 Å². The molecule has 0 aliphatic carbocycles. The highest BCUT2D eigenvalue weighted by Gasteiger charge is 2.37. The zero-order chi connectivity index (χ0) is 12.0. The molecule has 0 spiro atoms. The van der Waals surface area contributed by atoms with Crippen molar-refractivity contribution in [3.63, 3.8) is 0 Å². The second-order valence-corrected chi connectivity index (χ2v) is 4.89. The van der Waals surface area contributed by atoms with Crippen molar-refractivity contribution in [1.82, 2.24) is 10.3 Å². The van der Waals surface area contributed by atoms with Crippen molar-refractivity contribution >= 4 is 0 Å². The van der Waals surface area contributed by atoms with Crippen molar-refractivity contribution in [3.8, 4) is 12.3 Å². The van der Waals surface area contributed by atoms with E-state index in [0.29, 0.717) is 6.42 Å². The maximum atomic E-state index is 5.65. The molecule has 1 rings (SSSR count). The fourth-order valence-corrected chi connectivity index (χ4v) is 2.67. The van der Waals surface area contributed by atoms with Gasteiger partial charge in [-0.15, -0.1) is 12.3 Å². The largest absolute Gasteiger partial charge is 0.296 e. The van der Waals surface area contributed by atoms with E-state index in [1.807, 2.05) is 0 Å². The van der Waals surface area contributed by atoms with E-state index in [2.05, 4.69) is 30.1 Å². The van der Waals surface area contributed by atoms with Gasteiger partial charge in [0.05, 0.1) is 6.04 Å². The molecule has 0 aromatic carbocycles. The number of terminal acetylenes is 1. The quantitative estimate of drug-likeness (QED) is 0.421. The van der Waals surface area contributed by atoms with Crippen LogP contribution in [-0.2, 0) is 0 Å². The number of hydrogen-bond acceptors (Lipinski definition) is 3. The van der Waals surface area contributed by atoms with Crippen LogP contribution in [0.3, 0.4) is 0 Å². The molecule has 1 aliphatic heterocycles. The van der Waals surface area contributed by atoms with Crippen molar-refractivity contribution in [2.45, 2.75) is 57.5 Å². The van der Waals surface area contributed by atoms with Crippen LogP contribution in [0.5, 0.6) is 0 Å². The molecule has 1 saturated heterocycles. The summed E-state index contributed by atoms with van der Waals surface area (Å²) in [7, 11) is 0. The summed E-state index contributed by atoms with van der Waals surface area (Å²) in [5, 5.41) is 0. The predicted octanol–water partition coefficient (Wildman–Crippen LogP) is 1.50. The maximum absolute atomic E-state index is 5.65. The third-order valence-electron chi connectivity index (χ3n) is 4.07. The Bertz CT molecular complexity index is 240. The Hall–Kier alpha value is -0.560. The first kappa shape index (κ1) is 13.5. The molecule has 3 N–H and O–H groups in total. The lowest BCUT2D eigenvalue weighted by molar-refractivity contribution is 0.0444. The monoisotopic (exact) mass is 223 g/mol. The second kappa shape index (κ2) is 6.24. The number of nitrogens with one attached hydrogen (secondary N) is 1. The molecule has 3 nitrogen and oxygen atoms in total. The molecular formula is C13H25N3. The van der Waals surface area contributed by atoms with Crippen LogP contribution >= 0.6 is 0 Å². The highest BCUT2D eigenvalue weighted by molar-refractivity contribution is 5.02. The third kappa shape index (κ3) is 2.76. The van der Waals surface area contributed by atoms with Crippen LogP contribution in [0.2, 0.25) is 0 Å². The van der Waals surface area contributed by atoms with Crippen LogP contribution in [0.1, 0.15) is 46.0 Å². The first-order valence-electron chi connectivity index (χ1n) is 6.33. The average molecular weight is 223 g/mol. The molecule has 92 valence electrons. The highest BCUT2D eigenvalue weighted by atomic mass is 15.3. The molecule has 0 aromatic heterocycles. The summed E-state index contributed by atoms with van der Waals surface area (Å²) in [5.74, 6) is 8.38. The van der Waals surface area contributed by atoms with Crippen molar-refractivity contribution in [2.24, 2.45) is 5.84 Å². The van der Waals surface area contributed by atoms with Gasteiger partial charge in [0.15, 0.2) is 0 Å². The Morgan fingerprint density at radius 1 is 1.44 bits per heavy atom. The van der Waals surface area contributed by atoms with Gasteiger partial charge in [-0.2, -0.15) is 0 Å². The molecule has 0 saturated carbocycles. The van der Waals surface area contributed by atoms with E-state index in [4.69, 9.17) is 12.3 Å². The molecule has 0 radical (unpaired) electrons. The van der Waals surface area contributed by atoms with Crippen molar-refractivity contribution in [1.29, 1.82) is 0 Å². The molecule has 0 bridgehead atoms. The fraction of sp³-hybridized carbons (Fsp3) is 0.846. The predicted molar refractivity (Wildman–Crippen MR) is 68.7 cm³/mol. The number of nitrogens with two attached hydrogens (primary N) is 1. The Morgan fingerprint density at radius 3 is 2.50 bits per heavy atom. The number of hydrogen-bond donors (Lipinski definition) is 2. The van der Waals surface area contributed by atoms with Gasteiger partial charge < -0.3 is 0 Å². The summed E-state index contributed by atoms with van der Waals surface area (Å²) >= 11 is 0. The molecule has 0 aromatic rings. The molecule has 1 heterocycles. The number of piperidine rings is 1. The minimum atomic E-state index is 0.0849. The molecule has 2 atom stereocenters. The second-order valence-electron chi connectivity index (χ2n) is 4.89. The normalized spacial score (nSPS) is 23.4. The van der Waals surface area contributed by atoms with E-state index in [-0.39, 0.29) is 11.6 Å². The Balaban J connectivity index is 2.76. The van der Waals surface area contributed by atoms with E-state index >= 15 is 0 Å². The molecule has 1 fully saturated rings. The van der Waals surface area contributed by atoms with E-state index in [0.717, 1.165) is 6.42 Å². The minimum absolute atomic E-state index is 0.0849. The maximum Gasteiger partial charge on any atom is 0.0501 e. The lowest BCUT2D eigenvalue weighted by Gasteiger charge is -2.47. The molecule has 3 heteroatoms. The fourth-order valence-electron chi connectivity index (χ4n) is 2.67. The standard InChI is InChI=1S/C13H25N3/c1-4-9-12(15-14)13(3,5-2)16-10-7-6-8-11-16/h1,12,15H,5-11,14H2,2-3H3. The molecular weight excluding hydrogens is 198 g/mol. The number of nitrogens with zero attached hydrogens (tertiary/aromatic N) is 1. The summed E-state index contributed by atoms with van der Waals surface area (Å²) in [6, 6.07) is 0.181. The average Bonchev–Trinajstić information content (AvgIpc) is 2.36. The Kier molecular flexibility index (Phi) is 5.27. The van der Waals surface area contributed by atoms with E-state index in [1.165, 1.54) is 32.4 Å². The van der Waals surface area contributed by atoms with Gasteiger partial charge in [0, 0.05) is 12.0 Å². The zero-order valence-corrected chi connectivity index (χ0v) is 10.6. The molecule has 16 heavy (non-hydrogen) atoms. The van der Waals surface area contributed by atoms with Crippen molar-refractivity contribution in [2.75, 3.05) is 13.1 Å². The van der Waals surface area contributed by atoms with Gasteiger partial charge in [-0.1, -0.05) is 13.3 Å². The van der Waals surface area contributed by atoms with E-state index in [9.17, 15) is 0 Å². The number of likely N-dealkylation sites (tertiary alicyclic amines) is 1. The van der Waals surface area contributed by atoms with E-state index < -0.39 is 0 Å². The topological polar surface area (TPSA) is 41.3 Å². The Morgan fingerprint density at radius 2 is 2.06 bits per heavy atom. The first-order valence-corrected chi connectivity index (χ1v) is 6.33. The number of hydrazine groups is 1. The van der Waals surface area contributed by atoms with Gasteiger partial charge in [-0.25, -0.2) is 0 Å². The zero-order valence-electron chi connectivity index (χ0n) is 10.6. The van der Waals surface area contributed by atoms with Crippen LogP contribution in [0.15, 0.2) is 0 Å². The first-order chi connectivity index (χ1) is 7.69. The Labute approximate surface area is 99.7 Å².